The molecule has 1 rings (SSSR count). The number of hydrogen-bond acceptors (Lipinski definition) is 3. The zero-order valence-corrected chi connectivity index (χ0v) is 9.83. The summed E-state index contributed by atoms with van der Waals surface area (Å²) in [4.78, 5) is 0. The number of hydrogen-bond donors (Lipinski definition) is 1. The summed E-state index contributed by atoms with van der Waals surface area (Å²) >= 11 is 0. The highest BCUT2D eigenvalue weighted by atomic mass is 19.1. The summed E-state index contributed by atoms with van der Waals surface area (Å²) < 4.78 is 23.8. The highest BCUT2D eigenvalue weighted by molar-refractivity contribution is 5.09. The normalized spacial score (nSPS) is 23.4. The van der Waals surface area contributed by atoms with E-state index in [0.717, 1.165) is 19.3 Å². The second-order valence-corrected chi connectivity index (χ2v) is 4.44. The molecule has 4 heteroatoms. The smallest absolute Gasteiger partial charge is 0.188 e. The van der Waals surface area contributed by atoms with Gasteiger partial charge in [-0.2, -0.15) is 0 Å². The van der Waals surface area contributed by atoms with Gasteiger partial charge in [-0.3, -0.25) is 0 Å². The maximum absolute atomic E-state index is 13.2. The van der Waals surface area contributed by atoms with Gasteiger partial charge < -0.3 is 14.6 Å². The Morgan fingerprint density at radius 2 is 2.31 bits per heavy atom. The minimum atomic E-state index is -1.55. The molecule has 16 heavy (non-hydrogen) atoms. The van der Waals surface area contributed by atoms with E-state index in [1.807, 2.05) is 0 Å². The van der Waals surface area contributed by atoms with Crippen molar-refractivity contribution in [3.63, 3.8) is 0 Å². The molecule has 1 N–H and O–H groups in total. The van der Waals surface area contributed by atoms with E-state index in [2.05, 4.69) is 11.8 Å². The molecule has 0 aliphatic carbocycles. The molecule has 0 aromatic heterocycles. The van der Waals surface area contributed by atoms with Gasteiger partial charge >= 0.3 is 0 Å². The second-order valence-electron chi connectivity index (χ2n) is 4.44. The summed E-state index contributed by atoms with van der Waals surface area (Å²) in [7, 11) is 0. The lowest BCUT2D eigenvalue weighted by Gasteiger charge is -2.21. The zero-order valence-electron chi connectivity index (χ0n) is 9.83. The first kappa shape index (κ1) is 13.4. The van der Waals surface area contributed by atoms with Crippen molar-refractivity contribution in [2.45, 2.75) is 51.2 Å². The van der Waals surface area contributed by atoms with Crippen molar-refractivity contribution >= 4 is 0 Å². The van der Waals surface area contributed by atoms with Gasteiger partial charge in [0.1, 0.15) is 12.2 Å². The van der Waals surface area contributed by atoms with Crippen LogP contribution in [0.3, 0.4) is 0 Å². The van der Waals surface area contributed by atoms with Crippen molar-refractivity contribution in [1.29, 1.82) is 0 Å². The predicted molar refractivity (Wildman–Crippen MR) is 58.5 cm³/mol. The number of ether oxygens (including phenoxy) is 2. The van der Waals surface area contributed by atoms with Crippen molar-refractivity contribution in [3.05, 3.63) is 0 Å². The molecule has 0 bridgehead atoms. The summed E-state index contributed by atoms with van der Waals surface area (Å²) in [5.41, 5.74) is -1.42. The first-order chi connectivity index (χ1) is 7.50. The van der Waals surface area contributed by atoms with Gasteiger partial charge in [0.15, 0.2) is 12.5 Å². The molecule has 1 fully saturated rings. The van der Waals surface area contributed by atoms with E-state index < -0.39 is 11.8 Å². The van der Waals surface area contributed by atoms with Gasteiger partial charge in [-0.05, 0) is 33.1 Å². The molecule has 0 aromatic rings. The van der Waals surface area contributed by atoms with Crippen LogP contribution in [0.1, 0.15) is 33.1 Å². The van der Waals surface area contributed by atoms with Crippen molar-refractivity contribution in [2.75, 3.05) is 13.2 Å². The molecule has 92 valence electrons. The van der Waals surface area contributed by atoms with Gasteiger partial charge in [0.2, 0.25) is 0 Å². The van der Waals surface area contributed by atoms with E-state index in [4.69, 9.17) is 9.47 Å². The van der Waals surface area contributed by atoms with Crippen LogP contribution >= 0.6 is 0 Å². The molecule has 0 aromatic carbocycles. The molecule has 2 unspecified atom stereocenters. The molecular formula is C12H19FO3. The fraction of sp³-hybridized carbons (Fsp3) is 0.833. The summed E-state index contributed by atoms with van der Waals surface area (Å²) in [6.07, 6.45) is 1.27. The minimum Gasteiger partial charge on any atom is -0.386 e. The van der Waals surface area contributed by atoms with Crippen LogP contribution in [0.4, 0.5) is 4.39 Å². The zero-order chi connectivity index (χ0) is 12.0. The largest absolute Gasteiger partial charge is 0.386 e. The van der Waals surface area contributed by atoms with E-state index in [1.165, 1.54) is 13.8 Å². The van der Waals surface area contributed by atoms with Crippen molar-refractivity contribution in [2.24, 2.45) is 0 Å². The third-order valence-corrected chi connectivity index (χ3v) is 2.33. The Morgan fingerprint density at radius 1 is 1.56 bits per heavy atom. The van der Waals surface area contributed by atoms with Crippen LogP contribution in [0.2, 0.25) is 0 Å². The van der Waals surface area contributed by atoms with Gasteiger partial charge in [-0.1, -0.05) is 11.8 Å². The maximum atomic E-state index is 13.2. The molecule has 1 aliphatic heterocycles. The van der Waals surface area contributed by atoms with Crippen LogP contribution < -0.4 is 0 Å². The van der Waals surface area contributed by atoms with E-state index in [1.54, 1.807) is 0 Å². The monoisotopic (exact) mass is 230 g/mol. The predicted octanol–water partition coefficient (Wildman–Crippen LogP) is 1.64. The van der Waals surface area contributed by atoms with Crippen LogP contribution in [0.25, 0.3) is 0 Å². The molecule has 0 saturated carbocycles. The van der Waals surface area contributed by atoms with Gasteiger partial charge in [0, 0.05) is 6.61 Å². The quantitative estimate of drug-likeness (QED) is 0.749. The number of rotatable bonds is 3. The fourth-order valence-corrected chi connectivity index (χ4v) is 1.29. The Bertz CT molecular complexity index is 256. The highest BCUT2D eigenvalue weighted by Gasteiger charge is 2.24. The van der Waals surface area contributed by atoms with Gasteiger partial charge in [-0.25, -0.2) is 4.39 Å². The summed E-state index contributed by atoms with van der Waals surface area (Å²) in [6, 6.07) is 0. The molecule has 1 saturated heterocycles. The molecular weight excluding hydrogens is 211 g/mol. The van der Waals surface area contributed by atoms with Crippen LogP contribution in [0.15, 0.2) is 0 Å². The first-order valence-electron chi connectivity index (χ1n) is 5.58. The molecule has 0 spiro atoms. The molecule has 3 nitrogen and oxygen atoms in total. The third kappa shape index (κ3) is 4.93. The molecule has 1 heterocycles. The molecule has 1 aliphatic rings. The third-order valence-electron chi connectivity index (χ3n) is 2.33. The minimum absolute atomic E-state index is 0.140. The van der Waals surface area contributed by atoms with Crippen molar-refractivity contribution in [3.8, 4) is 11.8 Å². The summed E-state index contributed by atoms with van der Waals surface area (Å²) in [5, 5.41) is 9.29. The van der Waals surface area contributed by atoms with Gasteiger partial charge in [0.25, 0.3) is 0 Å². The Morgan fingerprint density at radius 3 is 2.88 bits per heavy atom. The number of alkyl halides is 1. The average molecular weight is 230 g/mol. The lowest BCUT2D eigenvalue weighted by atomic mass is 10.0. The SMILES string of the molecule is CC(C)(O)C(F)C#CCOC1CCCCO1. The van der Waals surface area contributed by atoms with Crippen LogP contribution in [0.5, 0.6) is 0 Å². The Labute approximate surface area is 95.9 Å². The maximum Gasteiger partial charge on any atom is 0.188 e. The van der Waals surface area contributed by atoms with E-state index in [-0.39, 0.29) is 12.9 Å². The Balaban J connectivity index is 2.21. The van der Waals surface area contributed by atoms with E-state index in [0.29, 0.717) is 6.61 Å². The Hall–Kier alpha value is -0.630. The van der Waals surface area contributed by atoms with Gasteiger partial charge in [0.05, 0.1) is 0 Å². The van der Waals surface area contributed by atoms with E-state index >= 15 is 0 Å². The number of aliphatic hydroxyl groups is 1. The van der Waals surface area contributed by atoms with Crippen LogP contribution in [0, 0.1) is 11.8 Å². The topological polar surface area (TPSA) is 38.7 Å². The summed E-state index contributed by atoms with van der Waals surface area (Å²) in [6.45, 7) is 3.63. The molecule has 2 atom stereocenters. The van der Waals surface area contributed by atoms with Gasteiger partial charge in [-0.15, -0.1) is 0 Å². The van der Waals surface area contributed by atoms with E-state index in [9.17, 15) is 9.50 Å². The second kappa shape index (κ2) is 6.19. The van der Waals surface area contributed by atoms with Crippen LogP contribution in [-0.4, -0.2) is 36.4 Å². The molecule has 0 radical (unpaired) electrons. The lowest BCUT2D eigenvalue weighted by Crippen LogP contribution is -2.31. The first-order valence-corrected chi connectivity index (χ1v) is 5.58. The van der Waals surface area contributed by atoms with Crippen molar-refractivity contribution < 1.29 is 19.0 Å². The lowest BCUT2D eigenvalue weighted by molar-refractivity contribution is -0.154. The molecule has 0 amide bonds. The average Bonchev–Trinajstić information content (AvgIpc) is 2.24. The van der Waals surface area contributed by atoms with Crippen molar-refractivity contribution in [1.82, 2.24) is 0 Å². The number of halogens is 1. The van der Waals surface area contributed by atoms with Crippen LogP contribution in [-0.2, 0) is 9.47 Å². The highest BCUT2D eigenvalue weighted by Crippen LogP contribution is 2.13. The Kier molecular flexibility index (Phi) is 5.20. The fourth-order valence-electron chi connectivity index (χ4n) is 1.29. The summed E-state index contributed by atoms with van der Waals surface area (Å²) in [5.74, 6) is 4.87. The standard InChI is InChI=1S/C12H19FO3/c1-12(2,14)10(13)6-5-9-16-11-7-3-4-8-15-11/h10-11,14H,3-4,7-9H2,1-2H3.